The summed E-state index contributed by atoms with van der Waals surface area (Å²) in [5, 5.41) is 5.25. The molecule has 0 aliphatic heterocycles. The molecule has 0 spiro atoms. The Balaban J connectivity index is 1.34. The molecule has 0 saturated carbocycles. The second-order valence-corrected chi connectivity index (χ2v) is 95.5. The van der Waals surface area contributed by atoms with Crippen LogP contribution in [0.2, 0.25) is 17.7 Å². The van der Waals surface area contributed by atoms with E-state index in [1.54, 1.807) is 0 Å². The monoisotopic (exact) mass is 780 g/mol. The van der Waals surface area contributed by atoms with Crippen LogP contribution >= 0.6 is 0 Å². The van der Waals surface area contributed by atoms with Crippen molar-refractivity contribution in [3.8, 4) is 22.3 Å². The fraction of sp³-hybridized carbons (Fsp3) is 0.182. The average molecular weight is 779 g/mol. The normalized spacial score (nSPS) is 19.3. The van der Waals surface area contributed by atoms with Crippen LogP contribution in [-0.4, -0.2) is 6.94 Å². The third-order valence-corrected chi connectivity index (χ3v) is 77.4. The number of fused-ring (bicyclic) bond motifs is 4. The molecule has 0 amide bonds. The van der Waals surface area contributed by atoms with Gasteiger partial charge in [0, 0.05) is 0 Å². The Labute approximate surface area is 270 Å². The number of benzene rings is 6. The molecule has 8 rings (SSSR count). The van der Waals surface area contributed by atoms with Gasteiger partial charge in [-0.2, -0.15) is 0 Å². The van der Waals surface area contributed by atoms with Gasteiger partial charge < -0.3 is 0 Å². The molecular formula is C44H44HfSi. The van der Waals surface area contributed by atoms with Crippen LogP contribution in [0.5, 0.6) is 0 Å². The van der Waals surface area contributed by atoms with E-state index < -0.39 is 14.2 Å². The summed E-state index contributed by atoms with van der Waals surface area (Å²) in [4.78, 5) is 0. The summed E-state index contributed by atoms with van der Waals surface area (Å²) < 4.78 is 8.93. The van der Waals surface area contributed by atoms with Crippen molar-refractivity contribution in [3.63, 3.8) is 0 Å². The van der Waals surface area contributed by atoms with Gasteiger partial charge in [-0.25, -0.2) is 0 Å². The standard InChI is InChI=1S/2C19H13.2C2H5.2CH3.Hf.H2Si/c2*1-2-10-16-14(6-1)8-4-12-18(16)19-13-5-9-15-7-3-11-17(15)19;2*1-2;;;;/h2*1-13H;2*1H2,2H3;2*1H3;;1H2. The van der Waals surface area contributed by atoms with Crippen LogP contribution in [0.1, 0.15) is 43.5 Å². The molecule has 0 saturated heterocycles. The van der Waals surface area contributed by atoms with Gasteiger partial charge in [-0.1, -0.05) is 0 Å². The Morgan fingerprint density at radius 1 is 0.478 bits per heavy atom. The maximum atomic E-state index is 2.84. The first-order valence-electron chi connectivity index (χ1n) is 17.2. The summed E-state index contributed by atoms with van der Waals surface area (Å²) in [6.07, 6.45) is 10.3. The van der Waals surface area contributed by atoms with Crippen LogP contribution in [0.15, 0.2) is 133 Å². The van der Waals surface area contributed by atoms with E-state index in [1.807, 2.05) is 0 Å². The molecule has 2 aliphatic carbocycles. The van der Waals surface area contributed by atoms with Crippen LogP contribution in [-0.2, 0) is 14.2 Å². The van der Waals surface area contributed by atoms with Crippen molar-refractivity contribution in [2.45, 2.75) is 38.9 Å². The predicted octanol–water partition coefficient (Wildman–Crippen LogP) is 12.4. The summed E-state index contributed by atoms with van der Waals surface area (Å²) in [6.45, 7) is 7.56. The van der Waals surface area contributed by atoms with E-state index in [4.69, 9.17) is 0 Å². The van der Waals surface area contributed by atoms with Gasteiger partial charge in [0.15, 0.2) is 0 Å². The molecule has 228 valence electrons. The Morgan fingerprint density at radius 3 is 1.28 bits per heavy atom. The van der Waals surface area contributed by atoms with Gasteiger partial charge in [0.2, 0.25) is 0 Å². The molecule has 0 heterocycles. The van der Waals surface area contributed by atoms with Gasteiger partial charge in [-0.15, -0.1) is 0 Å². The van der Waals surface area contributed by atoms with Gasteiger partial charge in [-0.05, 0) is 0 Å². The fourth-order valence-corrected chi connectivity index (χ4v) is 44.6. The Morgan fingerprint density at radius 2 is 0.848 bits per heavy atom. The Bertz CT molecular complexity index is 2270. The van der Waals surface area contributed by atoms with Crippen molar-refractivity contribution in [1.29, 1.82) is 0 Å². The quantitative estimate of drug-likeness (QED) is 0.148. The first-order valence-corrected chi connectivity index (χ1v) is 41.9. The molecule has 0 radical (unpaired) electrons. The molecule has 46 heavy (non-hydrogen) atoms. The van der Waals surface area contributed by atoms with Crippen molar-refractivity contribution in [1.82, 2.24) is 0 Å². The zero-order valence-corrected chi connectivity index (χ0v) is 32.6. The van der Waals surface area contributed by atoms with E-state index in [0.717, 1.165) is 0 Å². The first kappa shape index (κ1) is 29.8. The average Bonchev–Trinajstić information content (AvgIpc) is 3.76. The molecule has 6 aromatic carbocycles. The SMILES string of the molecule is C[CH2][Hf]([CH3])([CH3])(=[SiH2])([CH2]C)([CH]1C=Cc2c(-c3cccc4ccccc34)cccc21)[CH]1C=Cc2c(-c3cccc4ccccc34)cccc21. The third kappa shape index (κ3) is 3.81. The summed E-state index contributed by atoms with van der Waals surface area (Å²) in [5.41, 5.74) is 11.3. The minimum absolute atomic E-state index is 0.407. The number of rotatable bonds is 6. The summed E-state index contributed by atoms with van der Waals surface area (Å²) in [6, 6.07) is 45.4. The molecule has 0 N–H and O–H groups in total. The van der Waals surface area contributed by atoms with Crippen LogP contribution in [0, 0.1) is 0 Å². The molecule has 0 aromatic heterocycles. The van der Waals surface area contributed by atoms with Gasteiger partial charge in [0.25, 0.3) is 0 Å². The van der Waals surface area contributed by atoms with E-state index in [2.05, 4.69) is 176 Å². The molecule has 2 heteroatoms. The second-order valence-electron chi connectivity index (χ2n) is 17.0. The molecule has 0 bridgehead atoms. The molecule has 2 unspecified atom stereocenters. The van der Waals surface area contributed by atoms with E-state index in [-0.39, 0.29) is 0 Å². The number of hydrogen-bond acceptors (Lipinski definition) is 0. The zero-order valence-electron chi connectivity index (χ0n) is 27.6. The Hall–Kier alpha value is -3.59. The minimum atomic E-state index is -4.97. The molecular weight excluding hydrogens is 735 g/mol. The van der Waals surface area contributed by atoms with Crippen molar-refractivity contribution in [2.75, 3.05) is 0 Å². The number of hydrogen-bond donors (Lipinski definition) is 0. The van der Waals surface area contributed by atoms with Crippen LogP contribution < -0.4 is 0 Å². The molecule has 6 aromatic rings. The number of allylic oxidation sites excluding steroid dienone is 2. The van der Waals surface area contributed by atoms with Crippen molar-refractivity contribution in [2.24, 2.45) is 0 Å². The zero-order chi connectivity index (χ0) is 31.8. The maximum absolute atomic E-state index is 4.97. The third-order valence-electron chi connectivity index (χ3n) is 14.2. The van der Waals surface area contributed by atoms with Gasteiger partial charge in [0.05, 0.1) is 0 Å². The summed E-state index contributed by atoms with van der Waals surface area (Å²) in [7, 11) is 0. The van der Waals surface area contributed by atoms with E-state index in [0.29, 0.717) is 7.35 Å². The van der Waals surface area contributed by atoms with Crippen LogP contribution in [0.4, 0.5) is 0 Å². The van der Waals surface area contributed by atoms with E-state index in [9.17, 15) is 0 Å². The van der Waals surface area contributed by atoms with Gasteiger partial charge in [-0.3, -0.25) is 0 Å². The topological polar surface area (TPSA) is 0 Å². The van der Waals surface area contributed by atoms with E-state index in [1.165, 1.54) is 74.4 Å². The molecule has 0 nitrogen and oxygen atoms in total. The summed E-state index contributed by atoms with van der Waals surface area (Å²) >= 11 is -4.97. The van der Waals surface area contributed by atoms with Crippen molar-refractivity contribution in [3.05, 3.63) is 156 Å². The van der Waals surface area contributed by atoms with Crippen molar-refractivity contribution >= 4 is 40.6 Å². The summed E-state index contributed by atoms with van der Waals surface area (Å²) in [5.74, 6) is 0. The molecule has 2 atom stereocenters. The van der Waals surface area contributed by atoms with Crippen molar-refractivity contribution < 1.29 is 14.2 Å². The van der Waals surface area contributed by atoms with E-state index >= 15 is 0 Å². The van der Waals surface area contributed by atoms with Crippen LogP contribution in [0.3, 0.4) is 0 Å². The fourth-order valence-electron chi connectivity index (χ4n) is 9.75. The Kier molecular flexibility index (Phi) is 6.00. The van der Waals surface area contributed by atoms with Crippen LogP contribution in [0.25, 0.3) is 56.0 Å². The molecule has 2 aliphatic rings. The predicted molar refractivity (Wildman–Crippen MR) is 204 cm³/mol. The second kappa shape index (κ2) is 9.27. The molecule has 0 fully saturated rings. The first-order chi connectivity index (χ1) is 22.1. The van der Waals surface area contributed by atoms with Gasteiger partial charge in [0.1, 0.15) is 0 Å². The van der Waals surface area contributed by atoms with Gasteiger partial charge >= 0.3 is 272 Å².